The molecular formula is C18H22ClN3O3. The van der Waals surface area contributed by atoms with Crippen molar-refractivity contribution in [2.75, 3.05) is 7.11 Å². The molecular weight excluding hydrogens is 342 g/mol. The van der Waals surface area contributed by atoms with Gasteiger partial charge in [0.15, 0.2) is 5.82 Å². The van der Waals surface area contributed by atoms with E-state index in [2.05, 4.69) is 15.5 Å². The minimum Gasteiger partial charge on any atom is -0.375 e. The summed E-state index contributed by atoms with van der Waals surface area (Å²) in [6.07, 6.45) is 4.91. The summed E-state index contributed by atoms with van der Waals surface area (Å²) in [5, 5.41) is 7.51. The lowest BCUT2D eigenvalue weighted by atomic mass is 9.68. The number of nitrogens with zero attached hydrogens (tertiary/aromatic N) is 2. The van der Waals surface area contributed by atoms with Gasteiger partial charge in [-0.15, -0.1) is 0 Å². The predicted molar refractivity (Wildman–Crippen MR) is 93.1 cm³/mol. The van der Waals surface area contributed by atoms with Crippen LogP contribution in [0.3, 0.4) is 0 Å². The zero-order chi connectivity index (χ0) is 17.7. The molecule has 1 aromatic carbocycles. The van der Waals surface area contributed by atoms with Crippen molar-refractivity contribution >= 4 is 17.5 Å². The molecule has 0 aliphatic heterocycles. The molecule has 1 heterocycles. The van der Waals surface area contributed by atoms with Gasteiger partial charge in [-0.2, -0.15) is 4.98 Å². The molecule has 134 valence electrons. The molecule has 0 saturated heterocycles. The third-order valence-electron chi connectivity index (χ3n) is 4.72. The Morgan fingerprint density at radius 1 is 1.28 bits per heavy atom. The van der Waals surface area contributed by atoms with Crippen molar-refractivity contribution in [3.05, 3.63) is 46.6 Å². The molecule has 1 amide bonds. The minimum atomic E-state index is -0.512. The molecule has 0 unspecified atom stereocenters. The van der Waals surface area contributed by atoms with E-state index in [1.807, 2.05) is 24.3 Å². The van der Waals surface area contributed by atoms with Crippen molar-refractivity contribution in [2.24, 2.45) is 0 Å². The highest BCUT2D eigenvalue weighted by molar-refractivity contribution is 6.30. The van der Waals surface area contributed by atoms with Crippen molar-refractivity contribution in [1.29, 1.82) is 0 Å². The molecule has 2 aromatic rings. The van der Waals surface area contributed by atoms with Crippen LogP contribution >= 0.6 is 11.6 Å². The van der Waals surface area contributed by atoms with E-state index in [9.17, 15) is 4.79 Å². The molecule has 0 bridgehead atoms. The van der Waals surface area contributed by atoms with Crippen LogP contribution in [0.2, 0.25) is 5.02 Å². The Bertz CT molecular complexity index is 709. The molecule has 7 heteroatoms. The van der Waals surface area contributed by atoms with Gasteiger partial charge in [0.25, 0.3) is 5.89 Å². The van der Waals surface area contributed by atoms with Gasteiger partial charge < -0.3 is 14.6 Å². The number of aromatic nitrogens is 2. The van der Waals surface area contributed by atoms with E-state index in [-0.39, 0.29) is 19.1 Å². The van der Waals surface area contributed by atoms with E-state index in [1.165, 1.54) is 0 Å². The first-order chi connectivity index (χ1) is 12.1. The number of ether oxygens (including phenoxy) is 1. The first kappa shape index (κ1) is 17.9. The predicted octanol–water partition coefficient (Wildman–Crippen LogP) is 3.39. The van der Waals surface area contributed by atoms with Gasteiger partial charge >= 0.3 is 0 Å². The van der Waals surface area contributed by atoms with E-state index in [0.717, 1.165) is 37.7 Å². The molecule has 1 saturated carbocycles. The summed E-state index contributed by atoms with van der Waals surface area (Å²) in [7, 11) is 1.56. The molecule has 25 heavy (non-hydrogen) atoms. The third-order valence-corrected chi connectivity index (χ3v) is 4.98. The lowest BCUT2D eigenvalue weighted by molar-refractivity contribution is -0.128. The summed E-state index contributed by atoms with van der Waals surface area (Å²) in [5.41, 5.74) is 0.504. The summed E-state index contributed by atoms with van der Waals surface area (Å²) in [4.78, 5) is 17.2. The topological polar surface area (TPSA) is 77.2 Å². The Morgan fingerprint density at radius 2 is 2.00 bits per heavy atom. The van der Waals surface area contributed by atoms with Crippen LogP contribution in [-0.4, -0.2) is 23.2 Å². The maximum Gasteiger partial charge on any atom is 0.252 e. The molecule has 3 rings (SSSR count). The second-order valence-corrected chi connectivity index (χ2v) is 6.81. The van der Waals surface area contributed by atoms with Gasteiger partial charge in [-0.3, -0.25) is 4.79 Å². The highest BCUT2D eigenvalue weighted by atomic mass is 35.5. The maximum atomic E-state index is 13.1. The number of nitrogens with one attached hydrogen (secondary N) is 1. The summed E-state index contributed by atoms with van der Waals surface area (Å²) in [6, 6.07) is 7.60. The smallest absolute Gasteiger partial charge is 0.252 e. The van der Waals surface area contributed by atoms with Gasteiger partial charge in [0.2, 0.25) is 5.91 Å². The largest absolute Gasteiger partial charge is 0.375 e. The third kappa shape index (κ3) is 4.02. The first-order valence-corrected chi connectivity index (χ1v) is 8.86. The zero-order valence-corrected chi connectivity index (χ0v) is 15.0. The average molecular weight is 364 g/mol. The average Bonchev–Trinajstić information content (AvgIpc) is 3.09. The SMILES string of the molecule is COCc1nc(CNC(=O)C2(c3ccc(Cl)cc3)CCCCC2)no1. The number of hydrogen-bond acceptors (Lipinski definition) is 5. The Balaban J connectivity index is 1.74. The zero-order valence-electron chi connectivity index (χ0n) is 14.3. The van der Waals surface area contributed by atoms with E-state index < -0.39 is 5.41 Å². The van der Waals surface area contributed by atoms with Crippen LogP contribution < -0.4 is 5.32 Å². The number of rotatable bonds is 6. The second kappa shape index (κ2) is 7.97. The first-order valence-electron chi connectivity index (χ1n) is 8.49. The van der Waals surface area contributed by atoms with Gasteiger partial charge in [-0.25, -0.2) is 0 Å². The normalized spacial score (nSPS) is 16.6. The highest BCUT2D eigenvalue weighted by Gasteiger charge is 2.41. The molecule has 1 aliphatic carbocycles. The Morgan fingerprint density at radius 3 is 2.68 bits per heavy atom. The van der Waals surface area contributed by atoms with Crippen molar-refractivity contribution in [1.82, 2.24) is 15.5 Å². The number of carbonyl (C=O) groups is 1. The van der Waals surface area contributed by atoms with Gasteiger partial charge in [0, 0.05) is 12.1 Å². The molecule has 1 fully saturated rings. The molecule has 0 spiro atoms. The standard InChI is InChI=1S/C18H22ClN3O3/c1-24-12-16-21-15(22-25-16)11-20-17(23)18(9-3-2-4-10-18)13-5-7-14(19)8-6-13/h5-8H,2-4,9-12H2,1H3,(H,20,23). The maximum absolute atomic E-state index is 13.1. The van der Waals surface area contributed by atoms with Gasteiger partial charge in [0.05, 0.1) is 12.0 Å². The minimum absolute atomic E-state index is 0.00705. The monoisotopic (exact) mass is 363 g/mol. The fraction of sp³-hybridized carbons (Fsp3) is 0.500. The van der Waals surface area contributed by atoms with Gasteiger partial charge in [-0.05, 0) is 30.5 Å². The Kier molecular flexibility index (Phi) is 5.71. The number of amides is 1. The number of benzene rings is 1. The Labute approximate surface area is 151 Å². The lowest BCUT2D eigenvalue weighted by Gasteiger charge is -2.36. The lowest BCUT2D eigenvalue weighted by Crippen LogP contribution is -2.45. The van der Waals surface area contributed by atoms with Gasteiger partial charge in [0.1, 0.15) is 6.61 Å². The molecule has 1 aliphatic rings. The molecule has 1 aromatic heterocycles. The molecule has 0 atom stereocenters. The van der Waals surface area contributed by atoms with E-state index in [4.69, 9.17) is 20.9 Å². The van der Waals surface area contributed by atoms with Crippen molar-refractivity contribution in [3.8, 4) is 0 Å². The highest BCUT2D eigenvalue weighted by Crippen LogP contribution is 2.40. The quantitative estimate of drug-likeness (QED) is 0.851. The van der Waals surface area contributed by atoms with Crippen molar-refractivity contribution in [2.45, 2.75) is 50.7 Å². The van der Waals surface area contributed by atoms with Crippen LogP contribution in [0.15, 0.2) is 28.8 Å². The summed E-state index contributed by atoms with van der Waals surface area (Å²) < 4.78 is 10.0. The van der Waals surface area contributed by atoms with E-state index in [1.54, 1.807) is 7.11 Å². The molecule has 0 radical (unpaired) electrons. The van der Waals surface area contributed by atoms with E-state index in [0.29, 0.717) is 16.7 Å². The van der Waals surface area contributed by atoms with Crippen LogP contribution in [-0.2, 0) is 28.1 Å². The number of hydrogen-bond donors (Lipinski definition) is 1. The van der Waals surface area contributed by atoms with E-state index >= 15 is 0 Å². The van der Waals surface area contributed by atoms with Crippen molar-refractivity contribution in [3.63, 3.8) is 0 Å². The summed E-state index contributed by atoms with van der Waals surface area (Å²) in [5.74, 6) is 0.854. The van der Waals surface area contributed by atoms with Crippen molar-refractivity contribution < 1.29 is 14.1 Å². The molecule has 1 N–H and O–H groups in total. The Hall–Kier alpha value is -1.92. The number of carbonyl (C=O) groups excluding carboxylic acids is 1. The summed E-state index contributed by atoms with van der Waals surface area (Å²) in [6.45, 7) is 0.497. The fourth-order valence-corrected chi connectivity index (χ4v) is 3.57. The van der Waals surface area contributed by atoms with Crippen LogP contribution in [0.5, 0.6) is 0 Å². The molecule has 6 nitrogen and oxygen atoms in total. The fourth-order valence-electron chi connectivity index (χ4n) is 3.44. The number of methoxy groups -OCH3 is 1. The summed E-state index contributed by atoms with van der Waals surface area (Å²) >= 11 is 6.01. The van der Waals surface area contributed by atoms with Gasteiger partial charge in [-0.1, -0.05) is 48.2 Å². The van der Waals surface area contributed by atoms with Crippen LogP contribution in [0.25, 0.3) is 0 Å². The number of halogens is 1. The van der Waals surface area contributed by atoms with Crippen LogP contribution in [0.1, 0.15) is 49.4 Å². The van der Waals surface area contributed by atoms with Crippen LogP contribution in [0, 0.1) is 0 Å². The van der Waals surface area contributed by atoms with Crippen LogP contribution in [0.4, 0.5) is 0 Å². The second-order valence-electron chi connectivity index (χ2n) is 6.37.